The maximum absolute atomic E-state index is 3.19. The third-order valence-electron chi connectivity index (χ3n) is 0. The van der Waals surface area contributed by atoms with E-state index < -0.39 is 0 Å². The molecule has 6 radical (unpaired) electrons. The van der Waals surface area contributed by atoms with Crippen molar-refractivity contribution in [3.63, 3.8) is 0 Å². The molecule has 0 N–H and O–H groups in total. The Hall–Kier alpha value is 1.72. The molecule has 0 fully saturated rings. The fraction of sp³-hybridized carbons (Fsp3) is 0. The minimum atomic E-state index is 0. The molecule has 0 unspecified atom stereocenters. The van der Waals surface area contributed by atoms with Crippen molar-refractivity contribution < 1.29 is 0 Å². The number of rotatable bonds is 0. The minimum absolute atomic E-state index is 0. The molecule has 0 saturated carbocycles. The van der Waals surface area contributed by atoms with Crippen LogP contribution in [0.3, 0.4) is 0 Å². The van der Waals surface area contributed by atoms with Crippen molar-refractivity contribution in [3.05, 3.63) is 0 Å². The van der Waals surface area contributed by atoms with Gasteiger partial charge < -0.3 is 0 Å². The summed E-state index contributed by atoms with van der Waals surface area (Å²) in [6.45, 7) is 0. The molecule has 0 spiro atoms. The van der Waals surface area contributed by atoms with Crippen LogP contribution in [0, 0.1) is 0 Å². The Morgan fingerprint density at radius 3 is 1.25 bits per heavy atom. The molecule has 0 amide bonds. The fourth-order valence-electron chi connectivity index (χ4n) is 0. The van der Waals surface area contributed by atoms with Crippen LogP contribution < -0.4 is 0 Å². The van der Waals surface area contributed by atoms with E-state index in [1.807, 2.05) is 0 Å². The van der Waals surface area contributed by atoms with Crippen molar-refractivity contribution >= 4 is 50.7 Å². The van der Waals surface area contributed by atoms with Crippen molar-refractivity contribution in [1.82, 2.24) is 0 Å². The second-order valence-electron chi connectivity index (χ2n) is 0.0714. The van der Waals surface area contributed by atoms with E-state index in [0.717, 1.165) is 0 Å². The maximum atomic E-state index is 3.19. The molecule has 0 rings (SSSR count). The van der Waals surface area contributed by atoms with Gasteiger partial charge in [0.05, 0.1) is 0 Å². The van der Waals surface area contributed by atoms with Gasteiger partial charge in [-0.15, -0.1) is 0 Å². The van der Waals surface area contributed by atoms with Crippen LogP contribution in [-0.2, 0) is 0 Å². The second kappa shape index (κ2) is 8.83. The van der Waals surface area contributed by atoms with E-state index in [4.69, 9.17) is 0 Å². The van der Waals surface area contributed by atoms with Crippen LogP contribution in [0.1, 0.15) is 0 Å². The molecule has 0 aromatic heterocycles. The standard InChI is InChI=1S/Br2Ge.Si/c1-3-2;. The first-order chi connectivity index (χ1) is 1.41. The van der Waals surface area contributed by atoms with Crippen LogP contribution >= 0.6 is 28.0 Å². The predicted molar refractivity (Wildman–Crippen MR) is 29.4 cm³/mol. The van der Waals surface area contributed by atoms with E-state index in [1.54, 1.807) is 0 Å². The van der Waals surface area contributed by atoms with Crippen LogP contribution in [0.15, 0.2) is 0 Å². The molecule has 0 aliphatic carbocycles. The van der Waals surface area contributed by atoms with Crippen LogP contribution in [0.25, 0.3) is 0 Å². The summed E-state index contributed by atoms with van der Waals surface area (Å²) in [6, 6.07) is 0. The van der Waals surface area contributed by atoms with Crippen LogP contribution in [-0.4, -0.2) is 22.7 Å². The molecule has 22 valence electrons. The zero-order valence-corrected chi connectivity index (χ0v) is 8.03. The molecule has 0 atom stereocenters. The molecule has 0 aliphatic rings. The van der Waals surface area contributed by atoms with Gasteiger partial charge in [0.2, 0.25) is 0 Å². The Kier molecular flexibility index (Phi) is 20.3. The quantitative estimate of drug-likeness (QED) is 0.569. The van der Waals surface area contributed by atoms with Crippen molar-refractivity contribution in [1.29, 1.82) is 0 Å². The summed E-state index contributed by atoms with van der Waals surface area (Å²) in [4.78, 5) is 0. The molecule has 0 nitrogen and oxygen atoms in total. The molecular formula is Br2GeSi. The van der Waals surface area contributed by atoms with Gasteiger partial charge in [0.25, 0.3) is 0 Å². The number of hydrogen-bond acceptors (Lipinski definition) is 0. The van der Waals surface area contributed by atoms with Crippen LogP contribution in [0.4, 0.5) is 0 Å². The zero-order valence-electron chi connectivity index (χ0n) is 1.76. The topological polar surface area (TPSA) is 0 Å². The van der Waals surface area contributed by atoms with Gasteiger partial charge in [0.15, 0.2) is 0 Å². The van der Waals surface area contributed by atoms with Gasteiger partial charge in [-0.25, -0.2) is 0 Å². The first-order valence-electron chi connectivity index (χ1n) is 0.378. The SMILES string of the molecule is [Br][Ge][Br].[Si]. The molecule has 0 bridgehead atoms. The summed E-state index contributed by atoms with van der Waals surface area (Å²) < 4.78 is 0. The first-order valence-corrected chi connectivity index (χ1v) is 10.2. The number of hydrogen-bond donors (Lipinski definition) is 0. The summed E-state index contributed by atoms with van der Waals surface area (Å²) >= 11 is 6.50. The first kappa shape index (κ1) is 9.21. The summed E-state index contributed by atoms with van der Waals surface area (Å²) in [7, 11) is 0. The van der Waals surface area contributed by atoms with E-state index in [1.165, 1.54) is 0 Å². The smallest absolute Gasteiger partial charge is 0 e. The summed E-state index contributed by atoms with van der Waals surface area (Å²) in [6.07, 6.45) is 0. The van der Waals surface area contributed by atoms with Crippen molar-refractivity contribution in [2.24, 2.45) is 0 Å². The van der Waals surface area contributed by atoms with Gasteiger partial charge in [-0.1, -0.05) is 0 Å². The monoisotopic (exact) mass is 260 g/mol. The molecular weight excluding hydrogens is 261 g/mol. The average Bonchev–Trinajstić information content (AvgIpc) is 0.918. The van der Waals surface area contributed by atoms with E-state index in [9.17, 15) is 0 Å². The van der Waals surface area contributed by atoms with Gasteiger partial charge in [-0.05, 0) is 0 Å². The molecule has 0 aliphatic heterocycles. The van der Waals surface area contributed by atoms with Crippen molar-refractivity contribution in [2.45, 2.75) is 0 Å². The van der Waals surface area contributed by atoms with E-state index in [-0.39, 0.29) is 22.7 Å². The van der Waals surface area contributed by atoms with Gasteiger partial charge >= 0.3 is 39.8 Å². The Labute approximate surface area is 50.5 Å². The molecule has 4 heteroatoms. The Morgan fingerprint density at radius 1 is 1.25 bits per heavy atom. The molecule has 0 saturated heterocycles. The van der Waals surface area contributed by atoms with Crippen molar-refractivity contribution in [3.8, 4) is 0 Å². The molecule has 0 heterocycles. The van der Waals surface area contributed by atoms with Crippen molar-refractivity contribution in [2.75, 3.05) is 0 Å². The minimum Gasteiger partial charge on any atom is 0 e. The van der Waals surface area contributed by atoms with Gasteiger partial charge in [-0.3, -0.25) is 0 Å². The molecule has 0 aromatic carbocycles. The Balaban J connectivity index is 0. The number of halogens is 2. The third-order valence-corrected chi connectivity index (χ3v) is 0. The van der Waals surface area contributed by atoms with Crippen LogP contribution in [0.5, 0.6) is 0 Å². The van der Waals surface area contributed by atoms with E-state index in [2.05, 4.69) is 28.0 Å². The third kappa shape index (κ3) is 9.30. The summed E-state index contributed by atoms with van der Waals surface area (Å²) in [5.41, 5.74) is 0. The second-order valence-corrected chi connectivity index (χ2v) is 10.0. The fourth-order valence-corrected chi connectivity index (χ4v) is 0. The van der Waals surface area contributed by atoms with Gasteiger partial charge in [0, 0.05) is 11.0 Å². The summed E-state index contributed by atoms with van der Waals surface area (Å²) in [5.74, 6) is 0. The van der Waals surface area contributed by atoms with E-state index in [0.29, 0.717) is 0 Å². The predicted octanol–water partition coefficient (Wildman–Crippen LogP) is 0.930. The average molecular weight is 261 g/mol. The van der Waals surface area contributed by atoms with Gasteiger partial charge in [0.1, 0.15) is 0 Å². The Bertz CT molecular complexity index is 6.00. The Morgan fingerprint density at radius 2 is 1.25 bits per heavy atom. The van der Waals surface area contributed by atoms with E-state index >= 15 is 0 Å². The summed E-state index contributed by atoms with van der Waals surface area (Å²) in [5, 5.41) is 0. The van der Waals surface area contributed by atoms with Crippen LogP contribution in [0.2, 0.25) is 0 Å². The largest absolute Gasteiger partial charge is 0 e. The molecule has 4 heavy (non-hydrogen) atoms. The normalized spacial score (nSPS) is 4.50. The molecule has 0 aromatic rings. The van der Waals surface area contributed by atoms with Gasteiger partial charge in [-0.2, -0.15) is 0 Å². The zero-order chi connectivity index (χ0) is 2.71. The maximum Gasteiger partial charge on any atom is 0 e.